The Hall–Kier alpha value is 0.01000. The van der Waals surface area contributed by atoms with Gasteiger partial charge >= 0.3 is 0 Å². The van der Waals surface area contributed by atoms with E-state index in [2.05, 4.69) is 34.3 Å². The van der Waals surface area contributed by atoms with Crippen LogP contribution in [0.4, 0.5) is 0 Å². The Kier molecular flexibility index (Phi) is 6.37. The number of aliphatic hydroxyl groups is 1. The predicted molar refractivity (Wildman–Crippen MR) is 71.5 cm³/mol. The highest BCUT2D eigenvalue weighted by atomic mass is 79.9. The Morgan fingerprint density at radius 2 is 2.27 bits per heavy atom. The Morgan fingerprint density at radius 1 is 1.47 bits per heavy atom. The van der Waals surface area contributed by atoms with Gasteiger partial charge in [0, 0.05) is 4.47 Å². The molecule has 1 rings (SSSR count). The summed E-state index contributed by atoms with van der Waals surface area (Å²) in [6.45, 7) is 0. The molecule has 0 radical (unpaired) electrons. The van der Waals surface area contributed by atoms with Crippen LogP contribution in [0.25, 0.3) is 0 Å². The van der Waals surface area contributed by atoms with Gasteiger partial charge in [0.1, 0.15) is 0 Å². The molecule has 1 aromatic rings. The second-order valence-corrected chi connectivity index (χ2v) is 5.52. The summed E-state index contributed by atoms with van der Waals surface area (Å²) in [5.41, 5.74) is 1.20. The molecule has 1 aromatic carbocycles. The monoisotopic (exact) mass is 288 g/mol. The normalized spacial score (nSPS) is 12.7. The zero-order valence-corrected chi connectivity index (χ0v) is 11.4. The van der Waals surface area contributed by atoms with Gasteiger partial charge in [0.15, 0.2) is 0 Å². The van der Waals surface area contributed by atoms with E-state index in [0.717, 1.165) is 29.5 Å². The van der Waals surface area contributed by atoms with E-state index in [1.165, 1.54) is 5.56 Å². The average molecular weight is 289 g/mol. The summed E-state index contributed by atoms with van der Waals surface area (Å²) in [6.07, 6.45) is 4.64. The van der Waals surface area contributed by atoms with E-state index in [4.69, 9.17) is 0 Å². The first kappa shape index (κ1) is 13.1. The highest BCUT2D eigenvalue weighted by Crippen LogP contribution is 2.14. The molecule has 1 unspecified atom stereocenters. The lowest BCUT2D eigenvalue weighted by Crippen LogP contribution is -2.10. The first-order valence-electron chi connectivity index (χ1n) is 5.14. The number of hydrogen-bond donors (Lipinski definition) is 1. The number of benzene rings is 1. The summed E-state index contributed by atoms with van der Waals surface area (Å²) in [6, 6.07) is 8.14. The molecule has 84 valence electrons. The maximum absolute atomic E-state index is 9.80. The zero-order chi connectivity index (χ0) is 11.1. The lowest BCUT2D eigenvalue weighted by atomic mass is 10.1. The van der Waals surface area contributed by atoms with Crippen LogP contribution in [0.2, 0.25) is 0 Å². The minimum absolute atomic E-state index is 0.202. The molecular formula is C12H17BrOS. The Balaban J connectivity index is 2.34. The lowest BCUT2D eigenvalue weighted by molar-refractivity contribution is 0.164. The summed E-state index contributed by atoms with van der Waals surface area (Å²) < 4.78 is 1.08. The van der Waals surface area contributed by atoms with Crippen molar-refractivity contribution in [3.63, 3.8) is 0 Å². The zero-order valence-electron chi connectivity index (χ0n) is 8.95. The SMILES string of the molecule is CSCCCC(O)Cc1cccc(Br)c1. The first-order chi connectivity index (χ1) is 7.22. The summed E-state index contributed by atoms with van der Waals surface area (Å²) >= 11 is 5.26. The van der Waals surface area contributed by atoms with Crippen molar-refractivity contribution in [2.24, 2.45) is 0 Å². The third-order valence-electron chi connectivity index (χ3n) is 2.25. The predicted octanol–water partition coefficient (Wildman–Crippen LogP) is 3.50. The minimum atomic E-state index is -0.202. The van der Waals surface area contributed by atoms with E-state index in [1.54, 1.807) is 0 Å². The molecule has 0 aromatic heterocycles. The molecule has 1 atom stereocenters. The van der Waals surface area contributed by atoms with Crippen molar-refractivity contribution in [3.8, 4) is 0 Å². The van der Waals surface area contributed by atoms with Crippen LogP contribution in [0.3, 0.4) is 0 Å². The van der Waals surface area contributed by atoms with Gasteiger partial charge in [-0.3, -0.25) is 0 Å². The largest absolute Gasteiger partial charge is 0.393 e. The second-order valence-electron chi connectivity index (χ2n) is 3.62. The summed E-state index contributed by atoms with van der Waals surface area (Å²) in [5, 5.41) is 9.80. The lowest BCUT2D eigenvalue weighted by Gasteiger charge is -2.10. The maximum Gasteiger partial charge on any atom is 0.0580 e. The van der Waals surface area contributed by atoms with Crippen LogP contribution < -0.4 is 0 Å². The molecule has 0 saturated carbocycles. The maximum atomic E-state index is 9.80. The molecule has 1 nitrogen and oxygen atoms in total. The van der Waals surface area contributed by atoms with Gasteiger partial charge in [-0.05, 0) is 49.0 Å². The van der Waals surface area contributed by atoms with E-state index in [9.17, 15) is 5.11 Å². The summed E-state index contributed by atoms with van der Waals surface area (Å²) in [7, 11) is 0. The van der Waals surface area contributed by atoms with Crippen molar-refractivity contribution in [1.29, 1.82) is 0 Å². The van der Waals surface area contributed by atoms with Gasteiger partial charge in [-0.1, -0.05) is 28.1 Å². The average Bonchev–Trinajstić information content (AvgIpc) is 2.18. The summed E-state index contributed by atoms with van der Waals surface area (Å²) in [5.74, 6) is 1.13. The van der Waals surface area contributed by atoms with Crippen molar-refractivity contribution in [2.75, 3.05) is 12.0 Å². The van der Waals surface area contributed by atoms with E-state index in [1.807, 2.05) is 23.9 Å². The molecule has 3 heteroatoms. The van der Waals surface area contributed by atoms with Crippen LogP contribution in [-0.4, -0.2) is 23.2 Å². The fourth-order valence-electron chi connectivity index (χ4n) is 1.50. The highest BCUT2D eigenvalue weighted by Gasteiger charge is 2.05. The Labute approximate surface area is 104 Å². The number of rotatable bonds is 6. The highest BCUT2D eigenvalue weighted by molar-refractivity contribution is 9.10. The molecule has 0 aliphatic carbocycles. The van der Waals surface area contributed by atoms with Gasteiger partial charge in [-0.25, -0.2) is 0 Å². The van der Waals surface area contributed by atoms with Crippen molar-refractivity contribution in [3.05, 3.63) is 34.3 Å². The van der Waals surface area contributed by atoms with Gasteiger partial charge < -0.3 is 5.11 Å². The van der Waals surface area contributed by atoms with Gasteiger partial charge in [-0.15, -0.1) is 0 Å². The molecule has 1 N–H and O–H groups in total. The van der Waals surface area contributed by atoms with Gasteiger partial charge in [0.2, 0.25) is 0 Å². The van der Waals surface area contributed by atoms with E-state index in [-0.39, 0.29) is 6.10 Å². The van der Waals surface area contributed by atoms with Crippen molar-refractivity contribution in [1.82, 2.24) is 0 Å². The Morgan fingerprint density at radius 3 is 2.93 bits per heavy atom. The quantitative estimate of drug-likeness (QED) is 0.809. The molecule has 0 amide bonds. The number of halogens is 1. The first-order valence-corrected chi connectivity index (χ1v) is 7.32. The van der Waals surface area contributed by atoms with Crippen molar-refractivity contribution < 1.29 is 5.11 Å². The molecule has 0 aliphatic heterocycles. The number of aliphatic hydroxyl groups excluding tert-OH is 1. The van der Waals surface area contributed by atoms with Crippen LogP contribution in [0.5, 0.6) is 0 Å². The van der Waals surface area contributed by atoms with Gasteiger partial charge in [0.25, 0.3) is 0 Å². The number of hydrogen-bond acceptors (Lipinski definition) is 2. The fraction of sp³-hybridized carbons (Fsp3) is 0.500. The molecule has 0 heterocycles. The fourth-order valence-corrected chi connectivity index (χ4v) is 2.40. The van der Waals surface area contributed by atoms with Crippen LogP contribution >= 0.6 is 27.7 Å². The third-order valence-corrected chi connectivity index (χ3v) is 3.44. The minimum Gasteiger partial charge on any atom is -0.393 e. The second kappa shape index (κ2) is 7.31. The molecule has 0 fully saturated rings. The van der Waals surface area contributed by atoms with Crippen LogP contribution in [0.1, 0.15) is 18.4 Å². The molecular weight excluding hydrogens is 272 g/mol. The molecule has 0 spiro atoms. The van der Waals surface area contributed by atoms with Gasteiger partial charge in [0.05, 0.1) is 6.10 Å². The molecule has 15 heavy (non-hydrogen) atoms. The Bertz CT molecular complexity index is 291. The molecule has 0 bridgehead atoms. The molecule has 0 aliphatic rings. The third kappa shape index (κ3) is 5.59. The van der Waals surface area contributed by atoms with Crippen LogP contribution in [0, 0.1) is 0 Å². The summed E-state index contributed by atoms with van der Waals surface area (Å²) in [4.78, 5) is 0. The van der Waals surface area contributed by atoms with Crippen molar-refractivity contribution in [2.45, 2.75) is 25.4 Å². The van der Waals surface area contributed by atoms with Gasteiger partial charge in [-0.2, -0.15) is 11.8 Å². The van der Waals surface area contributed by atoms with Crippen LogP contribution in [-0.2, 0) is 6.42 Å². The topological polar surface area (TPSA) is 20.2 Å². The molecule has 0 saturated heterocycles. The van der Waals surface area contributed by atoms with E-state index >= 15 is 0 Å². The van der Waals surface area contributed by atoms with Crippen molar-refractivity contribution >= 4 is 27.7 Å². The smallest absolute Gasteiger partial charge is 0.0580 e. The van der Waals surface area contributed by atoms with E-state index < -0.39 is 0 Å². The van der Waals surface area contributed by atoms with E-state index in [0.29, 0.717) is 0 Å². The standard InChI is InChI=1S/C12H17BrOS/c1-15-7-3-6-12(14)9-10-4-2-5-11(13)8-10/h2,4-5,8,12,14H,3,6-7,9H2,1H3. The van der Waals surface area contributed by atoms with Crippen LogP contribution in [0.15, 0.2) is 28.7 Å². The number of thioether (sulfide) groups is 1.